The SMILES string of the molecule is CNC(=O)Cc1csc(NC(=O)[C@H]2[C@H](C(=O)O)C2(C)C)n1. The van der Waals surface area contributed by atoms with E-state index in [1.165, 1.54) is 11.3 Å². The average molecular weight is 311 g/mol. The smallest absolute Gasteiger partial charge is 0.307 e. The molecule has 1 fully saturated rings. The Bertz CT molecular complexity index is 596. The van der Waals surface area contributed by atoms with Gasteiger partial charge in [-0.3, -0.25) is 14.4 Å². The number of amides is 2. The first-order valence-electron chi connectivity index (χ1n) is 6.46. The van der Waals surface area contributed by atoms with E-state index in [2.05, 4.69) is 15.6 Å². The van der Waals surface area contributed by atoms with E-state index < -0.39 is 23.2 Å². The third-order valence-corrected chi connectivity index (χ3v) is 4.58. The second-order valence-corrected chi connectivity index (χ2v) is 6.46. The van der Waals surface area contributed by atoms with Crippen LogP contribution in [0.4, 0.5) is 5.13 Å². The van der Waals surface area contributed by atoms with Crippen LogP contribution >= 0.6 is 11.3 Å². The number of carbonyl (C=O) groups excluding carboxylic acids is 2. The van der Waals surface area contributed by atoms with Crippen LogP contribution in [0.5, 0.6) is 0 Å². The Hall–Kier alpha value is -1.96. The number of nitrogens with one attached hydrogen (secondary N) is 2. The van der Waals surface area contributed by atoms with E-state index in [0.717, 1.165) is 0 Å². The van der Waals surface area contributed by atoms with E-state index in [0.29, 0.717) is 10.8 Å². The van der Waals surface area contributed by atoms with Gasteiger partial charge in [-0.05, 0) is 5.41 Å². The lowest BCUT2D eigenvalue weighted by molar-refractivity contribution is -0.140. The van der Waals surface area contributed by atoms with Crippen LogP contribution in [0.1, 0.15) is 19.5 Å². The van der Waals surface area contributed by atoms with Crippen molar-refractivity contribution in [3.8, 4) is 0 Å². The Kier molecular flexibility index (Phi) is 3.99. The van der Waals surface area contributed by atoms with Crippen LogP contribution in [0.25, 0.3) is 0 Å². The fourth-order valence-corrected chi connectivity index (χ4v) is 3.18. The molecule has 1 heterocycles. The molecule has 0 saturated heterocycles. The summed E-state index contributed by atoms with van der Waals surface area (Å²) in [6, 6.07) is 0. The molecule has 1 saturated carbocycles. The lowest BCUT2D eigenvalue weighted by atomic mass is 10.1. The molecule has 3 N–H and O–H groups in total. The van der Waals surface area contributed by atoms with Crippen molar-refractivity contribution in [3.63, 3.8) is 0 Å². The van der Waals surface area contributed by atoms with Crippen molar-refractivity contribution in [2.75, 3.05) is 12.4 Å². The highest BCUT2D eigenvalue weighted by Crippen LogP contribution is 2.58. The molecule has 1 aliphatic rings. The van der Waals surface area contributed by atoms with Crippen LogP contribution in [0.3, 0.4) is 0 Å². The highest BCUT2D eigenvalue weighted by atomic mass is 32.1. The molecule has 2 atom stereocenters. The van der Waals surface area contributed by atoms with Gasteiger partial charge in [-0.1, -0.05) is 13.8 Å². The van der Waals surface area contributed by atoms with Gasteiger partial charge in [0.1, 0.15) is 0 Å². The van der Waals surface area contributed by atoms with Crippen LogP contribution in [-0.2, 0) is 20.8 Å². The lowest BCUT2D eigenvalue weighted by Crippen LogP contribution is -2.20. The van der Waals surface area contributed by atoms with E-state index in [1.807, 2.05) is 0 Å². The number of carbonyl (C=O) groups is 3. The van der Waals surface area contributed by atoms with Crippen molar-refractivity contribution in [2.24, 2.45) is 17.3 Å². The summed E-state index contributed by atoms with van der Waals surface area (Å²) in [5.74, 6) is -2.68. The Labute approximate surface area is 125 Å². The molecular formula is C13H17N3O4S. The van der Waals surface area contributed by atoms with Gasteiger partial charge in [-0.25, -0.2) is 4.98 Å². The van der Waals surface area contributed by atoms with E-state index in [9.17, 15) is 14.4 Å². The molecular weight excluding hydrogens is 294 g/mol. The number of hydrogen-bond donors (Lipinski definition) is 3. The number of rotatable bonds is 5. The molecule has 1 aromatic rings. The van der Waals surface area contributed by atoms with Crippen molar-refractivity contribution in [1.29, 1.82) is 0 Å². The van der Waals surface area contributed by atoms with Crippen molar-refractivity contribution in [2.45, 2.75) is 20.3 Å². The topological polar surface area (TPSA) is 108 Å². The third-order valence-electron chi connectivity index (χ3n) is 3.78. The molecule has 2 rings (SSSR count). The number of nitrogens with zero attached hydrogens (tertiary/aromatic N) is 1. The summed E-state index contributed by atoms with van der Waals surface area (Å²) in [6.07, 6.45) is 0.148. The first-order chi connectivity index (χ1) is 9.77. The highest BCUT2D eigenvalue weighted by molar-refractivity contribution is 7.13. The van der Waals surface area contributed by atoms with Gasteiger partial charge >= 0.3 is 5.97 Å². The zero-order chi connectivity index (χ0) is 15.8. The highest BCUT2D eigenvalue weighted by Gasteiger charge is 2.65. The number of thiazole rings is 1. The van der Waals surface area contributed by atoms with Crippen molar-refractivity contribution in [3.05, 3.63) is 11.1 Å². The summed E-state index contributed by atoms with van der Waals surface area (Å²) in [6.45, 7) is 3.52. The molecule has 8 heteroatoms. The molecule has 1 aliphatic carbocycles. The first-order valence-corrected chi connectivity index (χ1v) is 7.34. The minimum absolute atomic E-state index is 0.148. The molecule has 0 unspecified atom stereocenters. The average Bonchev–Trinajstić information content (AvgIpc) is 2.74. The van der Waals surface area contributed by atoms with Gasteiger partial charge in [0.25, 0.3) is 0 Å². The van der Waals surface area contributed by atoms with Crippen LogP contribution in [0, 0.1) is 17.3 Å². The maximum absolute atomic E-state index is 12.1. The summed E-state index contributed by atoms with van der Waals surface area (Å²) >= 11 is 1.21. The molecule has 0 aliphatic heterocycles. The fraction of sp³-hybridized carbons (Fsp3) is 0.538. The summed E-state index contributed by atoms with van der Waals surface area (Å²) in [5, 5.41) is 16.3. The van der Waals surface area contributed by atoms with Crippen molar-refractivity contribution < 1.29 is 19.5 Å². The second kappa shape index (κ2) is 5.44. The van der Waals surface area contributed by atoms with Gasteiger partial charge in [-0.2, -0.15) is 0 Å². The number of carboxylic acids is 1. The molecule has 21 heavy (non-hydrogen) atoms. The summed E-state index contributed by atoms with van der Waals surface area (Å²) in [7, 11) is 1.54. The quantitative estimate of drug-likeness (QED) is 0.743. The van der Waals surface area contributed by atoms with Gasteiger partial charge in [0.2, 0.25) is 11.8 Å². The van der Waals surface area contributed by atoms with E-state index >= 15 is 0 Å². The predicted octanol–water partition coefficient (Wildman–Crippen LogP) is 0.727. The third kappa shape index (κ3) is 3.05. The lowest BCUT2D eigenvalue weighted by Gasteiger charge is -2.02. The normalized spacial score (nSPS) is 22.4. The minimum atomic E-state index is -0.959. The van der Waals surface area contributed by atoms with Crippen LogP contribution in [0.2, 0.25) is 0 Å². The molecule has 0 radical (unpaired) electrons. The Morgan fingerprint density at radius 3 is 2.57 bits per heavy atom. The molecule has 0 bridgehead atoms. The van der Waals surface area contributed by atoms with E-state index in [-0.39, 0.29) is 18.2 Å². The maximum atomic E-state index is 12.1. The van der Waals surface area contributed by atoms with Crippen LogP contribution < -0.4 is 10.6 Å². The molecule has 2 amide bonds. The zero-order valence-electron chi connectivity index (χ0n) is 12.0. The van der Waals surface area contributed by atoms with Crippen LogP contribution in [0.15, 0.2) is 5.38 Å². The molecule has 0 spiro atoms. The zero-order valence-corrected chi connectivity index (χ0v) is 12.8. The maximum Gasteiger partial charge on any atom is 0.307 e. The number of likely N-dealkylation sites (N-methyl/N-ethyl adjacent to an activating group) is 1. The monoisotopic (exact) mass is 311 g/mol. The largest absolute Gasteiger partial charge is 0.481 e. The van der Waals surface area contributed by atoms with Crippen molar-refractivity contribution in [1.82, 2.24) is 10.3 Å². The number of aromatic nitrogens is 1. The predicted molar refractivity (Wildman–Crippen MR) is 76.9 cm³/mol. The summed E-state index contributed by atoms with van der Waals surface area (Å²) in [5.41, 5.74) is 0.0254. The summed E-state index contributed by atoms with van der Waals surface area (Å²) < 4.78 is 0. The molecule has 1 aromatic heterocycles. The van der Waals surface area contributed by atoms with E-state index in [1.54, 1.807) is 26.3 Å². The number of hydrogen-bond acceptors (Lipinski definition) is 5. The number of anilines is 1. The van der Waals surface area contributed by atoms with Crippen LogP contribution in [-0.4, -0.2) is 34.9 Å². The Morgan fingerprint density at radius 1 is 1.38 bits per heavy atom. The molecule has 114 valence electrons. The first kappa shape index (κ1) is 15.4. The van der Waals surface area contributed by atoms with Gasteiger partial charge in [-0.15, -0.1) is 11.3 Å². The number of aliphatic carboxylic acids is 1. The standard InChI is InChI=1S/C13H17N3O4S/c1-13(2)8(9(13)11(19)20)10(18)16-12-15-6(5-21-12)4-7(17)14-3/h5,8-9H,4H2,1-3H3,(H,14,17)(H,19,20)(H,15,16,18)/t8-,9-/m1/s1. The van der Waals surface area contributed by atoms with E-state index in [4.69, 9.17) is 5.11 Å². The van der Waals surface area contributed by atoms with Gasteiger partial charge < -0.3 is 15.7 Å². The molecule has 0 aromatic carbocycles. The van der Waals surface area contributed by atoms with Gasteiger partial charge in [0.15, 0.2) is 5.13 Å². The Morgan fingerprint density at radius 2 is 2.05 bits per heavy atom. The van der Waals surface area contributed by atoms with Gasteiger partial charge in [0, 0.05) is 12.4 Å². The second-order valence-electron chi connectivity index (χ2n) is 5.60. The fourth-order valence-electron chi connectivity index (χ4n) is 2.47. The number of carboxylic acid groups (broad SMARTS) is 1. The summed E-state index contributed by atoms with van der Waals surface area (Å²) in [4.78, 5) is 38.6. The van der Waals surface area contributed by atoms with Crippen molar-refractivity contribution >= 4 is 34.3 Å². The molecule has 7 nitrogen and oxygen atoms in total. The Balaban J connectivity index is 1.98. The minimum Gasteiger partial charge on any atom is -0.481 e. The van der Waals surface area contributed by atoms with Gasteiger partial charge in [0.05, 0.1) is 24.0 Å².